The highest BCUT2D eigenvalue weighted by Gasteiger charge is 2.34. The highest BCUT2D eigenvalue weighted by molar-refractivity contribution is 5.86. The minimum Gasteiger partial charge on any atom is -0.467 e. The van der Waals surface area contributed by atoms with Gasteiger partial charge >= 0.3 is 5.97 Å². The molecule has 1 aromatic carbocycles. The monoisotopic (exact) mass is 265 g/mol. The molecule has 4 nitrogen and oxygen atoms in total. The van der Waals surface area contributed by atoms with Crippen LogP contribution in [0.4, 0.5) is 4.39 Å². The van der Waals surface area contributed by atoms with Crippen LogP contribution in [0.1, 0.15) is 18.4 Å². The number of ether oxygens (including phenoxy) is 1. The first-order chi connectivity index (χ1) is 9.11. The van der Waals surface area contributed by atoms with E-state index in [1.54, 1.807) is 17.0 Å². The Kier molecular flexibility index (Phi) is 4.14. The van der Waals surface area contributed by atoms with Crippen molar-refractivity contribution in [2.45, 2.75) is 25.3 Å². The van der Waals surface area contributed by atoms with Gasteiger partial charge in [-0.1, -0.05) is 12.1 Å². The number of methoxy groups -OCH3 is 1. The third-order valence-corrected chi connectivity index (χ3v) is 3.32. The lowest BCUT2D eigenvalue weighted by Gasteiger charge is -2.22. The first-order valence-electron chi connectivity index (χ1n) is 6.23. The van der Waals surface area contributed by atoms with Gasteiger partial charge in [0.2, 0.25) is 5.91 Å². The van der Waals surface area contributed by atoms with Crippen molar-refractivity contribution in [2.75, 3.05) is 13.7 Å². The zero-order chi connectivity index (χ0) is 13.8. The van der Waals surface area contributed by atoms with Gasteiger partial charge in [0.15, 0.2) is 0 Å². The van der Waals surface area contributed by atoms with Gasteiger partial charge in [0.25, 0.3) is 0 Å². The van der Waals surface area contributed by atoms with E-state index in [1.165, 1.54) is 19.2 Å². The summed E-state index contributed by atoms with van der Waals surface area (Å²) in [6.07, 6.45) is 1.62. The van der Waals surface area contributed by atoms with Crippen LogP contribution in [0.15, 0.2) is 24.3 Å². The molecule has 1 aliphatic rings. The van der Waals surface area contributed by atoms with E-state index >= 15 is 0 Å². The van der Waals surface area contributed by atoms with E-state index in [0.29, 0.717) is 13.0 Å². The van der Waals surface area contributed by atoms with Crippen LogP contribution in [-0.2, 0) is 20.7 Å². The van der Waals surface area contributed by atoms with Gasteiger partial charge in [-0.3, -0.25) is 4.79 Å². The second-order valence-electron chi connectivity index (χ2n) is 4.57. The minimum atomic E-state index is -0.474. The molecule has 1 atom stereocenters. The molecule has 0 radical (unpaired) electrons. The van der Waals surface area contributed by atoms with Crippen LogP contribution in [-0.4, -0.2) is 36.5 Å². The quantitative estimate of drug-likeness (QED) is 0.779. The van der Waals surface area contributed by atoms with Gasteiger partial charge in [-0.15, -0.1) is 0 Å². The van der Waals surface area contributed by atoms with Gasteiger partial charge in [-0.2, -0.15) is 0 Å². The number of esters is 1. The molecule has 1 heterocycles. The van der Waals surface area contributed by atoms with Crippen LogP contribution < -0.4 is 0 Å². The average Bonchev–Trinajstić information content (AvgIpc) is 2.90. The summed E-state index contributed by atoms with van der Waals surface area (Å²) in [5, 5.41) is 0. The normalized spacial score (nSPS) is 18.4. The number of hydrogen-bond donors (Lipinski definition) is 0. The van der Waals surface area contributed by atoms with Crippen molar-refractivity contribution in [3.8, 4) is 0 Å². The third-order valence-electron chi connectivity index (χ3n) is 3.32. The fraction of sp³-hybridized carbons (Fsp3) is 0.429. The highest BCUT2D eigenvalue weighted by atomic mass is 19.1. The Morgan fingerprint density at radius 3 is 2.68 bits per heavy atom. The molecule has 1 amide bonds. The molecule has 102 valence electrons. The number of amides is 1. The number of hydrogen-bond acceptors (Lipinski definition) is 3. The van der Waals surface area contributed by atoms with E-state index in [-0.39, 0.29) is 24.1 Å². The minimum absolute atomic E-state index is 0.125. The second kappa shape index (κ2) is 5.82. The smallest absolute Gasteiger partial charge is 0.328 e. The summed E-state index contributed by atoms with van der Waals surface area (Å²) in [4.78, 5) is 25.3. The van der Waals surface area contributed by atoms with E-state index in [9.17, 15) is 14.0 Å². The van der Waals surface area contributed by atoms with Gasteiger partial charge in [-0.05, 0) is 30.5 Å². The van der Waals surface area contributed by atoms with Gasteiger partial charge in [0.1, 0.15) is 11.9 Å². The van der Waals surface area contributed by atoms with Gasteiger partial charge in [0, 0.05) is 6.54 Å². The lowest BCUT2D eigenvalue weighted by Crippen LogP contribution is -2.41. The molecule has 0 aliphatic carbocycles. The fourth-order valence-corrected chi connectivity index (χ4v) is 2.32. The van der Waals surface area contributed by atoms with Gasteiger partial charge in [0.05, 0.1) is 13.5 Å². The van der Waals surface area contributed by atoms with Crippen molar-refractivity contribution in [1.29, 1.82) is 0 Å². The maximum Gasteiger partial charge on any atom is 0.328 e. The van der Waals surface area contributed by atoms with Crippen molar-refractivity contribution in [1.82, 2.24) is 4.90 Å². The van der Waals surface area contributed by atoms with Crippen molar-refractivity contribution in [3.63, 3.8) is 0 Å². The Morgan fingerprint density at radius 1 is 1.37 bits per heavy atom. The fourth-order valence-electron chi connectivity index (χ4n) is 2.32. The molecule has 0 N–H and O–H groups in total. The number of nitrogens with zero attached hydrogens (tertiary/aromatic N) is 1. The van der Waals surface area contributed by atoms with Crippen LogP contribution in [0.3, 0.4) is 0 Å². The molecular weight excluding hydrogens is 249 g/mol. The Hall–Kier alpha value is -1.91. The summed E-state index contributed by atoms with van der Waals surface area (Å²) in [6.45, 7) is 0.569. The second-order valence-corrected chi connectivity index (χ2v) is 4.57. The molecule has 0 aromatic heterocycles. The predicted molar refractivity (Wildman–Crippen MR) is 66.9 cm³/mol. The number of carbonyl (C=O) groups excluding carboxylic acids is 2. The summed E-state index contributed by atoms with van der Waals surface area (Å²) in [5.74, 6) is -0.825. The molecule has 0 saturated carbocycles. The Labute approximate surface area is 111 Å². The van der Waals surface area contributed by atoms with Crippen molar-refractivity contribution in [2.24, 2.45) is 0 Å². The Bertz CT molecular complexity index is 472. The molecule has 2 rings (SSSR count). The molecule has 1 aromatic rings. The molecular formula is C14H16FNO3. The van der Waals surface area contributed by atoms with Crippen molar-refractivity contribution in [3.05, 3.63) is 35.6 Å². The highest BCUT2D eigenvalue weighted by Crippen LogP contribution is 2.19. The number of carbonyl (C=O) groups is 2. The van der Waals surface area contributed by atoms with E-state index in [0.717, 1.165) is 12.0 Å². The summed E-state index contributed by atoms with van der Waals surface area (Å²) in [7, 11) is 1.32. The first-order valence-corrected chi connectivity index (χ1v) is 6.23. The van der Waals surface area contributed by atoms with Crippen LogP contribution in [0.2, 0.25) is 0 Å². The number of benzene rings is 1. The zero-order valence-electron chi connectivity index (χ0n) is 10.8. The average molecular weight is 265 g/mol. The van der Waals surface area contributed by atoms with E-state index < -0.39 is 6.04 Å². The van der Waals surface area contributed by atoms with Gasteiger partial charge < -0.3 is 9.64 Å². The largest absolute Gasteiger partial charge is 0.467 e. The predicted octanol–water partition coefficient (Wildman–Crippen LogP) is 1.53. The summed E-state index contributed by atoms with van der Waals surface area (Å²) in [5.41, 5.74) is 0.738. The molecule has 1 aliphatic heterocycles. The van der Waals surface area contributed by atoms with Gasteiger partial charge in [-0.25, -0.2) is 9.18 Å². The van der Waals surface area contributed by atoms with E-state index in [2.05, 4.69) is 0 Å². The SMILES string of the molecule is COC(=O)C1CCCN1C(=O)Cc1ccc(F)cc1. The first kappa shape index (κ1) is 13.5. The lowest BCUT2D eigenvalue weighted by molar-refractivity contribution is -0.150. The van der Waals surface area contributed by atoms with Crippen LogP contribution in [0.25, 0.3) is 0 Å². The Morgan fingerprint density at radius 2 is 2.05 bits per heavy atom. The molecule has 1 unspecified atom stereocenters. The van der Waals surface area contributed by atoms with E-state index in [4.69, 9.17) is 4.74 Å². The molecule has 0 bridgehead atoms. The number of likely N-dealkylation sites (tertiary alicyclic amines) is 1. The third kappa shape index (κ3) is 3.10. The zero-order valence-corrected chi connectivity index (χ0v) is 10.8. The molecule has 0 spiro atoms. The number of halogens is 1. The van der Waals surface area contributed by atoms with Crippen molar-refractivity contribution >= 4 is 11.9 Å². The van der Waals surface area contributed by atoms with Crippen LogP contribution >= 0.6 is 0 Å². The maximum atomic E-state index is 12.8. The lowest BCUT2D eigenvalue weighted by atomic mass is 10.1. The molecule has 19 heavy (non-hydrogen) atoms. The molecule has 1 saturated heterocycles. The van der Waals surface area contributed by atoms with Crippen LogP contribution in [0.5, 0.6) is 0 Å². The maximum absolute atomic E-state index is 12.8. The standard InChI is InChI=1S/C14H16FNO3/c1-19-14(18)12-3-2-8-16(12)13(17)9-10-4-6-11(15)7-5-10/h4-7,12H,2-3,8-9H2,1H3. The summed E-state index contributed by atoms with van der Waals surface area (Å²) in [6, 6.07) is 5.33. The number of rotatable bonds is 3. The summed E-state index contributed by atoms with van der Waals surface area (Å²) >= 11 is 0. The van der Waals surface area contributed by atoms with Crippen molar-refractivity contribution < 1.29 is 18.7 Å². The topological polar surface area (TPSA) is 46.6 Å². The molecule has 5 heteroatoms. The molecule has 1 fully saturated rings. The van der Waals surface area contributed by atoms with Crippen LogP contribution in [0, 0.1) is 5.82 Å². The Balaban J connectivity index is 2.03. The summed E-state index contributed by atoms with van der Waals surface area (Å²) < 4.78 is 17.5. The van der Waals surface area contributed by atoms with E-state index in [1.807, 2.05) is 0 Å².